The number of likely N-dealkylation sites (N-methyl/N-ethyl adjacent to an activating group) is 1. The number of aromatic nitrogens is 9. The first kappa shape index (κ1) is 97.4. The van der Waals surface area contributed by atoms with Crippen LogP contribution >= 0.6 is 23.2 Å². The van der Waals surface area contributed by atoms with E-state index < -0.39 is 0 Å². The molecule has 0 bridgehead atoms. The molecule has 0 spiro atoms. The third kappa shape index (κ3) is 29.5. The van der Waals surface area contributed by atoms with Gasteiger partial charge in [-0.3, -0.25) is 14.5 Å². The average molecular weight is 1680 g/mol. The maximum Gasteiger partial charge on any atom is 0.137 e. The molecule has 0 radical (unpaired) electrons. The Labute approximate surface area is 728 Å². The summed E-state index contributed by atoms with van der Waals surface area (Å²) in [7, 11) is 3.84. The van der Waals surface area contributed by atoms with Gasteiger partial charge < -0.3 is 42.0 Å². The fourth-order valence-corrected chi connectivity index (χ4v) is 14.2. The Morgan fingerprint density at radius 3 is 1.10 bits per heavy atom. The molecule has 1 atom stereocenters. The lowest BCUT2D eigenvalue weighted by Crippen LogP contribution is -2.49. The predicted molar refractivity (Wildman–Crippen MR) is 498 cm³/mol. The molecule has 0 unspecified atom stereocenters. The number of hydrogen-bond acceptors (Lipinski definition) is 15. The zero-order valence-corrected chi connectivity index (χ0v) is 77.0. The molecule has 15 rings (SSSR count). The summed E-state index contributed by atoms with van der Waals surface area (Å²) in [5.74, 6) is 7.24. The van der Waals surface area contributed by atoms with Crippen LogP contribution in [0.2, 0.25) is 10.0 Å². The molecule has 121 heavy (non-hydrogen) atoms. The summed E-state index contributed by atoms with van der Waals surface area (Å²) in [6, 6.07) is 62.4. The molecule has 0 aliphatic carbocycles. The monoisotopic (exact) mass is 1680 g/mol. The second kappa shape index (κ2) is 49.8. The van der Waals surface area contributed by atoms with Crippen molar-refractivity contribution >= 4 is 67.9 Å². The van der Waals surface area contributed by atoms with Crippen molar-refractivity contribution in [3.8, 4) is 11.5 Å². The van der Waals surface area contributed by atoms with Gasteiger partial charge in [0, 0.05) is 101 Å². The SMILES string of the molecule is CC.CC.CC.CC(=O)Cc1ccc(CCn2c(CCc3ccc(O)c(Cl)c3)nc3ccccc32)cc1.COc1ccc(CCc2nc3ccccc3n2CCc2ccc(CC(C)=O)cc2)cc1Cl.Cc1ccc(CCc2nc3ccccc3n2C[C@H](C)N2CCN(C)CC2)cc1.Cc1noc(C)c1C.Cc1noc(C)c1C.Cc1noc(C)c1C. The van der Waals surface area contributed by atoms with Crippen LogP contribution in [0.1, 0.15) is 175 Å². The van der Waals surface area contributed by atoms with Crippen LogP contribution in [-0.4, -0.2) is 117 Å². The largest absolute Gasteiger partial charge is 0.506 e. The third-order valence-corrected chi connectivity index (χ3v) is 22.0. The number of carbonyl (C=O) groups excluding carboxylic acids is 2. The van der Waals surface area contributed by atoms with E-state index in [0.29, 0.717) is 34.7 Å². The molecule has 1 fully saturated rings. The van der Waals surface area contributed by atoms with E-state index in [1.807, 2.05) is 165 Å². The number of halogens is 2. The minimum atomic E-state index is 0.104. The van der Waals surface area contributed by atoms with Crippen molar-refractivity contribution in [2.75, 3.05) is 40.3 Å². The molecule has 0 saturated carbocycles. The molecule has 1 aliphatic rings. The third-order valence-electron chi connectivity index (χ3n) is 21.4. The Morgan fingerprint density at radius 2 is 0.752 bits per heavy atom. The second-order valence-electron chi connectivity index (χ2n) is 30.1. The number of aryl methyl sites for hydroxylation is 17. The van der Waals surface area contributed by atoms with Gasteiger partial charge in [-0.25, -0.2) is 15.0 Å². The molecule has 644 valence electrons. The molecule has 14 aromatic rings. The van der Waals surface area contributed by atoms with Crippen molar-refractivity contribution in [2.45, 2.75) is 221 Å². The van der Waals surface area contributed by atoms with Gasteiger partial charge in [0.2, 0.25) is 0 Å². The minimum absolute atomic E-state index is 0.104. The van der Waals surface area contributed by atoms with E-state index in [2.05, 4.69) is 175 Å². The summed E-state index contributed by atoms with van der Waals surface area (Å²) in [5.41, 5.74) is 22.7. The number of para-hydroxylation sites is 6. The fourth-order valence-electron chi connectivity index (χ4n) is 13.7. The molecule has 1 aliphatic heterocycles. The van der Waals surface area contributed by atoms with Crippen molar-refractivity contribution in [1.82, 2.24) is 53.9 Å². The first-order valence-electron chi connectivity index (χ1n) is 42.7. The number of rotatable bonds is 23. The number of fused-ring (bicyclic) bond motifs is 3. The Hall–Kier alpha value is -10.8. The molecular weight excluding hydrogens is 1550 g/mol. The molecule has 0 amide bonds. The molecule has 20 heteroatoms. The van der Waals surface area contributed by atoms with Crippen molar-refractivity contribution in [3.05, 3.63) is 305 Å². The summed E-state index contributed by atoms with van der Waals surface area (Å²) in [6.07, 6.45) is 8.04. The first-order valence-corrected chi connectivity index (χ1v) is 43.5. The second-order valence-corrected chi connectivity index (χ2v) is 30.9. The average Bonchev–Trinajstić information content (AvgIpc) is 1.64. The zero-order valence-electron chi connectivity index (χ0n) is 75.5. The number of methoxy groups -OCH3 is 1. The quantitative estimate of drug-likeness (QED) is 0.0633. The molecule has 6 aromatic heterocycles. The van der Waals surface area contributed by atoms with Gasteiger partial charge in [-0.05, 0) is 229 Å². The summed E-state index contributed by atoms with van der Waals surface area (Å²) in [4.78, 5) is 42.5. The number of imidazole rings is 3. The van der Waals surface area contributed by atoms with Crippen LogP contribution in [0, 0.1) is 69.2 Å². The topological polar surface area (TPSA) is 202 Å². The highest BCUT2D eigenvalue weighted by atomic mass is 35.5. The maximum atomic E-state index is 11.3. The van der Waals surface area contributed by atoms with E-state index in [1.54, 1.807) is 27.0 Å². The van der Waals surface area contributed by atoms with E-state index in [4.69, 9.17) is 56.5 Å². The summed E-state index contributed by atoms with van der Waals surface area (Å²) in [6.45, 7) is 44.6. The van der Waals surface area contributed by atoms with Crippen molar-refractivity contribution in [1.29, 1.82) is 0 Å². The maximum absolute atomic E-state index is 11.3. The predicted octanol–water partition coefficient (Wildman–Crippen LogP) is 23.1. The number of ketones is 2. The highest BCUT2D eigenvalue weighted by Crippen LogP contribution is 2.29. The summed E-state index contributed by atoms with van der Waals surface area (Å²) in [5, 5.41) is 21.9. The molecule has 7 heterocycles. The molecule has 1 N–H and O–H groups in total. The van der Waals surface area contributed by atoms with E-state index in [9.17, 15) is 14.7 Å². The highest BCUT2D eigenvalue weighted by molar-refractivity contribution is 6.32. The Bertz CT molecular complexity index is 5310. The van der Waals surface area contributed by atoms with E-state index in [-0.39, 0.29) is 17.3 Å². The van der Waals surface area contributed by atoms with Crippen LogP contribution in [0.5, 0.6) is 11.5 Å². The minimum Gasteiger partial charge on any atom is -0.506 e. The van der Waals surface area contributed by atoms with Crippen LogP contribution in [0.25, 0.3) is 33.1 Å². The number of benzene rings is 8. The van der Waals surface area contributed by atoms with E-state index >= 15 is 0 Å². The normalized spacial score (nSPS) is 11.9. The molecule has 8 aromatic carbocycles. The number of ether oxygens (including phenoxy) is 1. The van der Waals surface area contributed by atoms with Crippen molar-refractivity contribution in [3.63, 3.8) is 0 Å². The van der Waals surface area contributed by atoms with Crippen LogP contribution in [0.3, 0.4) is 0 Å². The van der Waals surface area contributed by atoms with Crippen LogP contribution < -0.4 is 4.74 Å². The summed E-state index contributed by atoms with van der Waals surface area (Å²) < 4.78 is 26.9. The number of phenols is 1. The Balaban J connectivity index is 0.000000213. The van der Waals surface area contributed by atoms with Gasteiger partial charge in [0.25, 0.3) is 0 Å². The van der Waals surface area contributed by atoms with Gasteiger partial charge in [-0.1, -0.05) is 207 Å². The van der Waals surface area contributed by atoms with Crippen LogP contribution in [0.4, 0.5) is 0 Å². The lowest BCUT2D eigenvalue weighted by atomic mass is 10.1. The molecule has 18 nitrogen and oxygen atoms in total. The van der Waals surface area contributed by atoms with Crippen molar-refractivity contribution < 1.29 is 33.0 Å². The lowest BCUT2D eigenvalue weighted by Gasteiger charge is -2.36. The Morgan fingerprint density at radius 1 is 0.421 bits per heavy atom. The van der Waals surface area contributed by atoms with Gasteiger partial charge in [0.15, 0.2) is 0 Å². The van der Waals surface area contributed by atoms with Gasteiger partial charge in [-0.2, -0.15) is 0 Å². The van der Waals surface area contributed by atoms with Crippen LogP contribution in [-0.2, 0) is 93.4 Å². The highest BCUT2D eigenvalue weighted by Gasteiger charge is 2.23. The molecule has 1 saturated heterocycles. The lowest BCUT2D eigenvalue weighted by molar-refractivity contribution is -0.117. The number of nitrogens with zero attached hydrogens (tertiary/aromatic N) is 11. The standard InChI is InChI=1S/C27H27ClN2O2.C26H25ClN2O2.C24H32N4.3C6H9NO.3C2H6/c1-19(31)17-21-9-7-20(8-10-21)15-16-30-25-6-4-3-5-24(25)29-27(30)14-12-22-11-13-26(32-2)23(28)18-22;1-18(30)16-20-8-6-19(7-9-20)14-15-29-24-5-3-2-4-23(24)28-26(29)13-11-21-10-12-25(31)22(27)17-21;1-19-8-10-21(11-9-19)12-13-24-25-22-6-4-5-7-23(22)28(24)18-20(2)27-16-14-26(3)15-17-27;3*1-4-5(2)7-8-6(4)3;3*1-2/h3-11,13,18H,12,14-17H2,1-2H3;2-10,12,17,31H,11,13-16H2,1H3;4-11,20H,12-18H2,1-3H3;3*1-3H3;3*1-2H3/t;;20-;;;;;;/m..0....../s1. The number of phenolic OH excluding ortho intramolecular Hbond substituents is 1. The van der Waals surface area contributed by atoms with Crippen molar-refractivity contribution in [2.24, 2.45) is 0 Å². The Kier molecular flexibility index (Phi) is 40.1. The van der Waals surface area contributed by atoms with E-state index in [0.717, 1.165) is 210 Å². The number of hydrogen-bond donors (Lipinski definition) is 1. The number of Topliss-reactive ketones (excluding diaryl/α,β-unsaturated/α-hetero) is 2. The van der Waals surface area contributed by atoms with Gasteiger partial charge in [0.1, 0.15) is 57.8 Å². The van der Waals surface area contributed by atoms with Crippen LogP contribution in [0.15, 0.2) is 196 Å². The van der Waals surface area contributed by atoms with Gasteiger partial charge >= 0.3 is 0 Å². The summed E-state index contributed by atoms with van der Waals surface area (Å²) >= 11 is 12.4. The first-order chi connectivity index (χ1) is 58.3. The van der Waals surface area contributed by atoms with Gasteiger partial charge in [-0.15, -0.1) is 0 Å². The number of piperazine rings is 1. The smallest absolute Gasteiger partial charge is 0.137 e. The van der Waals surface area contributed by atoms with Gasteiger partial charge in [0.05, 0.1) is 67.3 Å². The zero-order chi connectivity index (χ0) is 88.2. The number of aromatic hydroxyl groups is 1. The molecular formula is C101H129Cl2N11O7. The fraction of sp³-hybridized carbons (Fsp3) is 0.386. The van der Waals surface area contributed by atoms with E-state index in [1.165, 1.54) is 33.6 Å². The number of carbonyl (C=O) groups is 2.